The number of fused-ring (bicyclic) bond motifs is 1. The molecule has 6 heteroatoms. The molecule has 2 fully saturated rings. The van der Waals surface area contributed by atoms with E-state index >= 15 is 0 Å². The van der Waals surface area contributed by atoms with Gasteiger partial charge in [-0.1, -0.05) is 6.07 Å². The normalized spacial score (nSPS) is 26.1. The van der Waals surface area contributed by atoms with Crippen LogP contribution in [0.4, 0.5) is 0 Å². The second-order valence-corrected chi connectivity index (χ2v) is 7.66. The number of aromatic nitrogens is 2. The summed E-state index contributed by atoms with van der Waals surface area (Å²) in [5.41, 5.74) is 3.47. The van der Waals surface area contributed by atoms with Gasteiger partial charge in [0, 0.05) is 57.1 Å². The summed E-state index contributed by atoms with van der Waals surface area (Å²) in [7, 11) is 2.21. The lowest BCUT2D eigenvalue weighted by molar-refractivity contribution is -0.121. The highest BCUT2D eigenvalue weighted by Crippen LogP contribution is 2.31. The molecular weight excluding hydrogens is 314 g/mol. The first kappa shape index (κ1) is 16.5. The molecule has 0 radical (unpaired) electrons. The molecule has 4 heterocycles. The highest BCUT2D eigenvalue weighted by Gasteiger charge is 2.40. The Morgan fingerprint density at radius 2 is 2.12 bits per heavy atom. The van der Waals surface area contributed by atoms with E-state index in [-0.39, 0.29) is 11.4 Å². The van der Waals surface area contributed by atoms with Crippen LogP contribution in [0.5, 0.6) is 0 Å². The summed E-state index contributed by atoms with van der Waals surface area (Å²) in [4.78, 5) is 21.5. The molecule has 0 unspecified atom stereocenters. The van der Waals surface area contributed by atoms with Crippen LogP contribution in [0.2, 0.25) is 0 Å². The SMILES string of the molecule is Cc1ccc2nc(CN3CCN(C)[C@]4(CCNC(=O)CC4)C3)cn2c1. The molecule has 1 spiro atoms. The number of carbonyl (C=O) groups is 1. The lowest BCUT2D eigenvalue weighted by atomic mass is 9.86. The van der Waals surface area contributed by atoms with Crippen molar-refractivity contribution in [2.24, 2.45) is 0 Å². The van der Waals surface area contributed by atoms with E-state index in [1.165, 1.54) is 5.56 Å². The second kappa shape index (κ2) is 6.42. The van der Waals surface area contributed by atoms with Crippen LogP contribution in [0.25, 0.3) is 5.65 Å². The number of nitrogens with one attached hydrogen (secondary N) is 1. The van der Waals surface area contributed by atoms with Crippen LogP contribution in [-0.4, -0.2) is 63.9 Å². The van der Waals surface area contributed by atoms with Crippen LogP contribution < -0.4 is 5.32 Å². The van der Waals surface area contributed by atoms with Gasteiger partial charge in [0.05, 0.1) is 5.69 Å². The zero-order valence-corrected chi connectivity index (χ0v) is 15.2. The summed E-state index contributed by atoms with van der Waals surface area (Å²) >= 11 is 0. The van der Waals surface area contributed by atoms with Crippen LogP contribution in [-0.2, 0) is 11.3 Å². The minimum Gasteiger partial charge on any atom is -0.356 e. The Morgan fingerprint density at radius 3 is 3.00 bits per heavy atom. The van der Waals surface area contributed by atoms with Gasteiger partial charge in [-0.25, -0.2) is 4.98 Å². The number of hydrogen-bond acceptors (Lipinski definition) is 4. The number of carbonyl (C=O) groups excluding carboxylic acids is 1. The van der Waals surface area contributed by atoms with Gasteiger partial charge in [-0.2, -0.15) is 0 Å². The van der Waals surface area contributed by atoms with E-state index in [2.05, 4.69) is 58.0 Å². The van der Waals surface area contributed by atoms with Crippen molar-refractivity contribution in [1.29, 1.82) is 0 Å². The molecular formula is C19H27N5O. The fourth-order valence-corrected chi connectivity index (χ4v) is 4.27. The maximum absolute atomic E-state index is 11.8. The molecule has 0 saturated carbocycles. The quantitative estimate of drug-likeness (QED) is 0.898. The summed E-state index contributed by atoms with van der Waals surface area (Å²) < 4.78 is 2.12. The Hall–Kier alpha value is -1.92. The maximum Gasteiger partial charge on any atom is 0.220 e. The third kappa shape index (κ3) is 3.28. The average molecular weight is 341 g/mol. The number of likely N-dealkylation sites (N-methyl/N-ethyl adjacent to an activating group) is 1. The molecule has 2 aliphatic heterocycles. The van der Waals surface area contributed by atoms with E-state index < -0.39 is 0 Å². The molecule has 2 aromatic heterocycles. The number of pyridine rings is 1. The predicted octanol–water partition coefficient (Wildman–Crippen LogP) is 1.43. The number of piperazine rings is 1. The molecule has 1 amide bonds. The molecule has 4 rings (SSSR count). The van der Waals surface area contributed by atoms with Gasteiger partial charge < -0.3 is 9.72 Å². The number of imidazole rings is 1. The molecule has 0 aliphatic carbocycles. The van der Waals surface area contributed by atoms with Crippen LogP contribution in [0.3, 0.4) is 0 Å². The van der Waals surface area contributed by atoms with Crippen molar-refractivity contribution in [3.63, 3.8) is 0 Å². The van der Waals surface area contributed by atoms with Crippen molar-refractivity contribution in [1.82, 2.24) is 24.5 Å². The summed E-state index contributed by atoms with van der Waals surface area (Å²) in [5, 5.41) is 3.02. The third-order valence-corrected chi connectivity index (χ3v) is 5.84. The summed E-state index contributed by atoms with van der Waals surface area (Å²) in [5.74, 6) is 0.193. The van der Waals surface area contributed by atoms with Crippen LogP contribution in [0.15, 0.2) is 24.5 Å². The van der Waals surface area contributed by atoms with Gasteiger partial charge >= 0.3 is 0 Å². The van der Waals surface area contributed by atoms with E-state index in [9.17, 15) is 4.79 Å². The van der Waals surface area contributed by atoms with Gasteiger partial charge in [-0.3, -0.25) is 14.6 Å². The Kier molecular flexibility index (Phi) is 4.25. The van der Waals surface area contributed by atoms with Crippen molar-refractivity contribution in [3.8, 4) is 0 Å². The molecule has 6 nitrogen and oxygen atoms in total. The fraction of sp³-hybridized carbons (Fsp3) is 0.579. The Morgan fingerprint density at radius 1 is 1.24 bits per heavy atom. The molecule has 1 N–H and O–H groups in total. The van der Waals surface area contributed by atoms with Crippen molar-refractivity contribution < 1.29 is 4.79 Å². The lowest BCUT2D eigenvalue weighted by Gasteiger charge is -2.49. The number of aryl methyl sites for hydroxylation is 1. The maximum atomic E-state index is 11.8. The lowest BCUT2D eigenvalue weighted by Crippen LogP contribution is -2.60. The largest absolute Gasteiger partial charge is 0.356 e. The van der Waals surface area contributed by atoms with E-state index in [0.717, 1.165) is 56.9 Å². The topological polar surface area (TPSA) is 52.9 Å². The number of amides is 1. The summed E-state index contributed by atoms with van der Waals surface area (Å²) in [6, 6.07) is 4.18. The minimum absolute atomic E-state index is 0.104. The molecule has 2 aromatic rings. The summed E-state index contributed by atoms with van der Waals surface area (Å²) in [6.45, 7) is 6.85. The fourth-order valence-electron chi connectivity index (χ4n) is 4.27. The van der Waals surface area contributed by atoms with E-state index in [1.807, 2.05) is 0 Å². The zero-order chi connectivity index (χ0) is 17.4. The molecule has 25 heavy (non-hydrogen) atoms. The first-order valence-electron chi connectivity index (χ1n) is 9.19. The molecule has 1 atom stereocenters. The molecule has 0 aromatic carbocycles. The molecule has 0 bridgehead atoms. The smallest absolute Gasteiger partial charge is 0.220 e. The Labute approximate surface area is 148 Å². The molecule has 2 aliphatic rings. The van der Waals surface area contributed by atoms with Gasteiger partial charge in [0.2, 0.25) is 5.91 Å². The number of rotatable bonds is 2. The van der Waals surface area contributed by atoms with Gasteiger partial charge in [0.1, 0.15) is 5.65 Å². The van der Waals surface area contributed by atoms with Crippen molar-refractivity contribution in [2.75, 3.05) is 33.2 Å². The van der Waals surface area contributed by atoms with Gasteiger partial charge in [-0.05, 0) is 38.4 Å². The van der Waals surface area contributed by atoms with Crippen LogP contribution in [0.1, 0.15) is 30.5 Å². The van der Waals surface area contributed by atoms with E-state index in [1.54, 1.807) is 0 Å². The van der Waals surface area contributed by atoms with E-state index in [0.29, 0.717) is 6.42 Å². The monoisotopic (exact) mass is 341 g/mol. The first-order valence-corrected chi connectivity index (χ1v) is 9.19. The average Bonchev–Trinajstić information content (AvgIpc) is 2.87. The Bertz CT molecular complexity index is 785. The van der Waals surface area contributed by atoms with Crippen molar-refractivity contribution in [3.05, 3.63) is 35.8 Å². The van der Waals surface area contributed by atoms with Crippen LogP contribution in [0, 0.1) is 6.92 Å². The van der Waals surface area contributed by atoms with Crippen molar-refractivity contribution in [2.45, 2.75) is 38.3 Å². The molecule has 134 valence electrons. The molecule has 2 saturated heterocycles. The second-order valence-electron chi connectivity index (χ2n) is 7.66. The van der Waals surface area contributed by atoms with E-state index in [4.69, 9.17) is 4.98 Å². The van der Waals surface area contributed by atoms with Crippen molar-refractivity contribution >= 4 is 11.6 Å². The first-order chi connectivity index (χ1) is 12.0. The van der Waals surface area contributed by atoms with Gasteiger partial charge in [0.15, 0.2) is 0 Å². The van der Waals surface area contributed by atoms with Crippen LogP contribution >= 0.6 is 0 Å². The van der Waals surface area contributed by atoms with Gasteiger partial charge in [0.25, 0.3) is 0 Å². The minimum atomic E-state index is 0.104. The third-order valence-electron chi connectivity index (χ3n) is 5.84. The standard InChI is InChI=1S/C19H27N5O/c1-15-3-4-17-21-16(13-24(17)11-15)12-23-10-9-22(2)19(14-23)6-5-18(25)20-8-7-19/h3-4,11,13H,5-10,12,14H2,1-2H3,(H,20,25)/t19-/m1/s1. The van der Waals surface area contributed by atoms with Gasteiger partial charge in [-0.15, -0.1) is 0 Å². The summed E-state index contributed by atoms with van der Waals surface area (Å²) in [6.07, 6.45) is 6.86. The highest BCUT2D eigenvalue weighted by atomic mass is 16.1. The highest BCUT2D eigenvalue weighted by molar-refractivity contribution is 5.76. The number of nitrogens with zero attached hydrogens (tertiary/aromatic N) is 4. The predicted molar refractivity (Wildman–Crippen MR) is 97.4 cm³/mol. The Balaban J connectivity index is 1.51. The zero-order valence-electron chi connectivity index (χ0n) is 15.2. The number of hydrogen-bond donors (Lipinski definition) is 1.